The molecule has 402 valence electrons. The number of carbonyl (C=O) groups excluding carboxylic acids is 1. The number of rotatable bonds is 43. The third-order valence-electron chi connectivity index (χ3n) is 12.9. The minimum atomic E-state index is -1.71. The Balaban J connectivity index is 1.76. The van der Waals surface area contributed by atoms with Crippen LogP contribution in [-0.4, -0.2) is 142 Å². The molecule has 0 aromatic heterocycles. The summed E-state index contributed by atoms with van der Waals surface area (Å²) in [6.45, 7) is 3.56. The van der Waals surface area contributed by atoms with Crippen molar-refractivity contribution >= 4 is 5.97 Å². The second-order valence-electron chi connectivity index (χ2n) is 19.0. The quantitative estimate of drug-likeness (QED) is 0.0173. The number of hydrogen-bond donors (Lipinski definition) is 7. The minimum Gasteiger partial charge on any atom is -0.457 e. The van der Waals surface area contributed by atoms with E-state index < -0.39 is 86.7 Å². The monoisotopic (exact) mass is 983 g/mol. The smallest absolute Gasteiger partial charge is 0.306 e. The second-order valence-corrected chi connectivity index (χ2v) is 19.0. The molecule has 14 nitrogen and oxygen atoms in total. The van der Waals surface area contributed by atoms with Crippen LogP contribution < -0.4 is 0 Å². The lowest BCUT2D eigenvalue weighted by atomic mass is 9.98. The molecule has 0 aromatic carbocycles. The summed E-state index contributed by atoms with van der Waals surface area (Å²) < 4.78 is 34.3. The number of aliphatic hydroxyl groups is 7. The fourth-order valence-electron chi connectivity index (χ4n) is 8.45. The molecule has 0 aromatic rings. The van der Waals surface area contributed by atoms with Crippen LogP contribution in [0.2, 0.25) is 0 Å². The summed E-state index contributed by atoms with van der Waals surface area (Å²) in [6, 6.07) is 0. The molecule has 14 heteroatoms. The zero-order valence-electron chi connectivity index (χ0n) is 42.8. The summed E-state index contributed by atoms with van der Waals surface area (Å²) in [4.78, 5) is 13.0. The number of ether oxygens (including phenoxy) is 6. The van der Waals surface area contributed by atoms with Crippen LogP contribution in [0.5, 0.6) is 0 Å². The highest BCUT2D eigenvalue weighted by Gasteiger charge is 2.47. The summed E-state index contributed by atoms with van der Waals surface area (Å²) in [5.74, 6) is -0.398. The van der Waals surface area contributed by atoms with Crippen molar-refractivity contribution in [1.82, 2.24) is 0 Å². The highest BCUT2D eigenvalue weighted by Crippen LogP contribution is 2.26. The van der Waals surface area contributed by atoms with Gasteiger partial charge in [-0.25, -0.2) is 0 Å². The Morgan fingerprint density at radius 3 is 1.48 bits per heavy atom. The van der Waals surface area contributed by atoms with Crippen LogP contribution in [0.4, 0.5) is 0 Å². The van der Waals surface area contributed by atoms with Crippen LogP contribution in [0, 0.1) is 0 Å². The van der Waals surface area contributed by atoms with Gasteiger partial charge in [-0.3, -0.25) is 4.79 Å². The van der Waals surface area contributed by atoms with Gasteiger partial charge in [-0.2, -0.15) is 0 Å². The van der Waals surface area contributed by atoms with E-state index in [1.807, 2.05) is 0 Å². The molecule has 0 saturated carbocycles. The SMILES string of the molecule is CC/C=C\C/C=C\C/C=C\C/C=C\CCCCCCC(=O)OC(COCCCCCCCCCCCCCCCCCCCC)COC1OC(COC2OC(CO)C(O)C(O)C2O)C(O)C(O)C1O. The summed E-state index contributed by atoms with van der Waals surface area (Å²) in [7, 11) is 0. The van der Waals surface area contributed by atoms with Crippen LogP contribution in [0.1, 0.15) is 194 Å². The van der Waals surface area contributed by atoms with Crippen LogP contribution in [0.3, 0.4) is 0 Å². The van der Waals surface area contributed by atoms with Gasteiger partial charge in [0.15, 0.2) is 12.6 Å². The molecule has 2 aliphatic rings. The van der Waals surface area contributed by atoms with Crippen molar-refractivity contribution in [3.05, 3.63) is 48.6 Å². The predicted octanol–water partition coefficient (Wildman–Crippen LogP) is 8.74. The van der Waals surface area contributed by atoms with Gasteiger partial charge in [0, 0.05) is 13.0 Å². The Bertz CT molecular complexity index is 1320. The number of esters is 1. The Kier molecular flexibility index (Phi) is 38.8. The van der Waals surface area contributed by atoms with E-state index in [0.29, 0.717) is 13.0 Å². The van der Waals surface area contributed by atoms with E-state index >= 15 is 0 Å². The van der Waals surface area contributed by atoms with E-state index in [1.165, 1.54) is 96.3 Å². The van der Waals surface area contributed by atoms with Gasteiger partial charge in [-0.1, -0.05) is 184 Å². The van der Waals surface area contributed by atoms with Gasteiger partial charge >= 0.3 is 5.97 Å². The number of unbranched alkanes of at least 4 members (excludes halogenated alkanes) is 21. The Morgan fingerprint density at radius 2 is 0.942 bits per heavy atom. The van der Waals surface area contributed by atoms with Crippen molar-refractivity contribution in [2.24, 2.45) is 0 Å². The first kappa shape index (κ1) is 63.1. The molecule has 11 atom stereocenters. The number of carbonyl (C=O) groups is 1. The topological polar surface area (TPSA) is 214 Å². The highest BCUT2D eigenvalue weighted by molar-refractivity contribution is 5.69. The van der Waals surface area contributed by atoms with Crippen molar-refractivity contribution in [2.75, 3.05) is 33.0 Å². The highest BCUT2D eigenvalue weighted by atomic mass is 16.7. The van der Waals surface area contributed by atoms with Crippen molar-refractivity contribution in [3.8, 4) is 0 Å². The van der Waals surface area contributed by atoms with Gasteiger partial charge in [0.25, 0.3) is 0 Å². The minimum absolute atomic E-state index is 0.0528. The summed E-state index contributed by atoms with van der Waals surface area (Å²) >= 11 is 0. The Morgan fingerprint density at radius 1 is 0.493 bits per heavy atom. The molecule has 69 heavy (non-hydrogen) atoms. The van der Waals surface area contributed by atoms with E-state index in [9.17, 15) is 40.5 Å². The van der Waals surface area contributed by atoms with Crippen molar-refractivity contribution in [3.63, 3.8) is 0 Å². The van der Waals surface area contributed by atoms with Crippen LogP contribution in [0.25, 0.3) is 0 Å². The third kappa shape index (κ3) is 29.9. The molecule has 2 rings (SSSR count). The molecular weight excluding hydrogens is 885 g/mol. The van der Waals surface area contributed by atoms with E-state index in [4.69, 9.17) is 28.4 Å². The largest absolute Gasteiger partial charge is 0.457 e. The first-order chi connectivity index (χ1) is 33.6. The maximum absolute atomic E-state index is 13.0. The van der Waals surface area contributed by atoms with Crippen LogP contribution in [0.15, 0.2) is 48.6 Å². The lowest BCUT2D eigenvalue weighted by molar-refractivity contribution is -0.332. The molecule has 2 aliphatic heterocycles. The molecule has 0 aliphatic carbocycles. The molecular formula is C55H98O14. The molecule has 0 spiro atoms. The third-order valence-corrected chi connectivity index (χ3v) is 12.9. The standard InChI is InChI=1S/C55H98O14/c1-3-5-7-9-11-13-15-17-19-21-23-25-27-29-31-33-35-37-39-64-41-44(67-47(57)38-36-34-32-30-28-26-24-22-20-18-16-14-12-10-8-6-4-2)42-65-54-53(63)51(61)49(59)46(69-54)43-66-55-52(62)50(60)48(58)45(40-56)68-55/h6,8,12,14,18,20,24,26,44-46,48-56,58-63H,3-5,7,9-11,13,15-17,19,21-23,25,27-43H2,1-2H3/b8-6-,14-12-,20-18-,26-24-. The average Bonchev–Trinajstić information content (AvgIpc) is 3.35. The fourth-order valence-corrected chi connectivity index (χ4v) is 8.45. The summed E-state index contributed by atoms with van der Waals surface area (Å²) in [6.07, 6.45) is 33.1. The molecule has 0 bridgehead atoms. The fraction of sp³-hybridized carbons (Fsp3) is 0.836. The number of hydrogen-bond acceptors (Lipinski definition) is 14. The van der Waals surface area contributed by atoms with Crippen molar-refractivity contribution in [1.29, 1.82) is 0 Å². The molecule has 7 N–H and O–H groups in total. The van der Waals surface area contributed by atoms with Crippen molar-refractivity contribution < 1.29 is 69.0 Å². The molecule has 0 amide bonds. The lowest BCUT2D eigenvalue weighted by Crippen LogP contribution is -2.61. The van der Waals surface area contributed by atoms with Gasteiger partial charge in [0.05, 0.1) is 26.4 Å². The van der Waals surface area contributed by atoms with E-state index in [1.54, 1.807) is 0 Å². The number of allylic oxidation sites excluding steroid dienone is 8. The average molecular weight is 983 g/mol. The van der Waals surface area contributed by atoms with Gasteiger partial charge in [0.2, 0.25) is 0 Å². The summed E-state index contributed by atoms with van der Waals surface area (Å²) in [5.41, 5.74) is 0. The summed E-state index contributed by atoms with van der Waals surface area (Å²) in [5, 5.41) is 72.2. The molecule has 2 fully saturated rings. The van der Waals surface area contributed by atoms with Crippen LogP contribution >= 0.6 is 0 Å². The molecule has 0 radical (unpaired) electrons. The Hall–Kier alpha value is -2.05. The predicted molar refractivity (Wildman–Crippen MR) is 270 cm³/mol. The lowest BCUT2D eigenvalue weighted by Gasteiger charge is -2.42. The second kappa shape index (κ2) is 42.5. The maximum Gasteiger partial charge on any atom is 0.306 e. The van der Waals surface area contributed by atoms with Crippen LogP contribution in [-0.2, 0) is 33.2 Å². The van der Waals surface area contributed by atoms with Gasteiger partial charge in [-0.05, 0) is 51.4 Å². The van der Waals surface area contributed by atoms with Crippen molar-refractivity contribution in [2.45, 2.75) is 261 Å². The maximum atomic E-state index is 13.0. The van der Waals surface area contributed by atoms with Gasteiger partial charge < -0.3 is 64.2 Å². The first-order valence-electron chi connectivity index (χ1n) is 27.2. The first-order valence-corrected chi connectivity index (χ1v) is 27.2. The molecule has 2 heterocycles. The molecule has 2 saturated heterocycles. The van der Waals surface area contributed by atoms with E-state index in [2.05, 4.69) is 62.5 Å². The van der Waals surface area contributed by atoms with E-state index in [0.717, 1.165) is 70.6 Å². The van der Waals surface area contributed by atoms with E-state index in [-0.39, 0.29) is 19.6 Å². The van der Waals surface area contributed by atoms with Gasteiger partial charge in [0.1, 0.15) is 54.9 Å². The molecule has 11 unspecified atom stereocenters. The Labute approximate surface area is 416 Å². The zero-order valence-corrected chi connectivity index (χ0v) is 42.8. The van der Waals surface area contributed by atoms with Gasteiger partial charge in [-0.15, -0.1) is 0 Å². The zero-order chi connectivity index (χ0) is 50.2. The number of aliphatic hydroxyl groups excluding tert-OH is 7. The normalized spacial score (nSPS) is 26.0.